The molecule has 3 atom stereocenters. The Kier molecular flexibility index (Phi) is 6.77. The normalized spacial score (nSPS) is 19.2. The molecule has 1 fully saturated rings. The summed E-state index contributed by atoms with van der Waals surface area (Å²) in [6.45, 7) is 6.24. The molecule has 1 saturated heterocycles. The van der Waals surface area contributed by atoms with Gasteiger partial charge in [0.15, 0.2) is 0 Å². The van der Waals surface area contributed by atoms with Crippen molar-refractivity contribution in [3.05, 3.63) is 29.8 Å². The minimum absolute atomic E-state index is 0.0406. The van der Waals surface area contributed by atoms with Crippen molar-refractivity contribution in [3.63, 3.8) is 0 Å². The summed E-state index contributed by atoms with van der Waals surface area (Å²) >= 11 is 0. The zero-order valence-corrected chi connectivity index (χ0v) is 16.0. The van der Waals surface area contributed by atoms with Crippen LogP contribution in [0.3, 0.4) is 0 Å². The third-order valence-corrected chi connectivity index (χ3v) is 5.12. The van der Waals surface area contributed by atoms with E-state index in [4.69, 9.17) is 4.74 Å². The lowest BCUT2D eigenvalue weighted by molar-refractivity contribution is -0.147. The van der Waals surface area contributed by atoms with Gasteiger partial charge in [0.2, 0.25) is 11.8 Å². The van der Waals surface area contributed by atoms with E-state index in [9.17, 15) is 14.4 Å². The highest BCUT2D eigenvalue weighted by atomic mass is 16.5. The van der Waals surface area contributed by atoms with Gasteiger partial charge in [0.25, 0.3) is 0 Å². The molecule has 1 aromatic rings. The maximum Gasteiger partial charge on any atom is 0.328 e. The number of benzene rings is 1. The molecule has 2 rings (SSSR count). The summed E-state index contributed by atoms with van der Waals surface area (Å²) in [6, 6.07) is 7.12. The summed E-state index contributed by atoms with van der Waals surface area (Å²) in [6.07, 6.45) is 1.82. The summed E-state index contributed by atoms with van der Waals surface area (Å²) < 4.78 is 4.80. The number of hydrogen-bond acceptors (Lipinski definition) is 4. The van der Waals surface area contributed by atoms with Crippen LogP contribution in [0.15, 0.2) is 24.3 Å². The lowest BCUT2D eigenvalue weighted by atomic mass is 9.98. The zero-order chi connectivity index (χ0) is 19.3. The Balaban J connectivity index is 2.06. The molecule has 0 aromatic heterocycles. The van der Waals surface area contributed by atoms with Crippen LogP contribution < -0.4 is 10.2 Å². The number of methoxy groups -OCH3 is 1. The van der Waals surface area contributed by atoms with E-state index in [1.807, 2.05) is 38.1 Å². The van der Waals surface area contributed by atoms with Crippen LogP contribution in [0.4, 0.5) is 5.69 Å². The average Bonchev–Trinajstić information content (AvgIpc) is 3.06. The van der Waals surface area contributed by atoms with Crippen LogP contribution in [0.1, 0.15) is 39.2 Å². The number of amides is 2. The molecule has 3 unspecified atom stereocenters. The number of aryl methyl sites for hydroxylation is 1. The van der Waals surface area contributed by atoms with Crippen molar-refractivity contribution in [2.24, 2.45) is 11.8 Å². The van der Waals surface area contributed by atoms with Crippen LogP contribution >= 0.6 is 0 Å². The molecule has 1 aliphatic heterocycles. The van der Waals surface area contributed by atoms with Gasteiger partial charge in [-0.2, -0.15) is 0 Å². The van der Waals surface area contributed by atoms with Crippen molar-refractivity contribution in [1.29, 1.82) is 0 Å². The molecule has 0 saturated carbocycles. The van der Waals surface area contributed by atoms with Gasteiger partial charge in [0.1, 0.15) is 6.04 Å². The summed E-state index contributed by atoms with van der Waals surface area (Å²) in [7, 11) is 1.31. The predicted molar refractivity (Wildman–Crippen MR) is 99.7 cm³/mol. The lowest BCUT2D eigenvalue weighted by Crippen LogP contribution is -2.48. The molecule has 2 amide bonds. The first kappa shape index (κ1) is 19.9. The molecule has 0 aliphatic carbocycles. The Hall–Kier alpha value is -2.37. The fourth-order valence-corrected chi connectivity index (χ4v) is 3.11. The highest BCUT2D eigenvalue weighted by molar-refractivity contribution is 6.00. The van der Waals surface area contributed by atoms with Crippen molar-refractivity contribution in [2.75, 3.05) is 18.6 Å². The second-order valence-corrected chi connectivity index (χ2v) is 6.82. The molecule has 1 aliphatic rings. The van der Waals surface area contributed by atoms with Gasteiger partial charge in [-0.05, 0) is 30.0 Å². The molecule has 1 heterocycles. The maximum atomic E-state index is 12.6. The van der Waals surface area contributed by atoms with Crippen molar-refractivity contribution >= 4 is 23.5 Å². The number of ether oxygens (including phenoxy) is 1. The topological polar surface area (TPSA) is 75.7 Å². The van der Waals surface area contributed by atoms with Gasteiger partial charge >= 0.3 is 5.97 Å². The number of carbonyl (C=O) groups excluding carboxylic acids is 3. The molecule has 1 N–H and O–H groups in total. The van der Waals surface area contributed by atoms with E-state index in [1.54, 1.807) is 4.90 Å². The number of carbonyl (C=O) groups is 3. The van der Waals surface area contributed by atoms with Gasteiger partial charge in [0.05, 0.1) is 13.0 Å². The van der Waals surface area contributed by atoms with Crippen LogP contribution in [0.5, 0.6) is 0 Å². The second kappa shape index (κ2) is 8.83. The number of anilines is 1. The number of hydrogen-bond donors (Lipinski definition) is 1. The zero-order valence-electron chi connectivity index (χ0n) is 16.0. The number of esters is 1. The standard InChI is InChI=1S/C20H28N2O4/c1-5-13(3)18(20(25)26-4)21-19(24)15-11-17(23)22(12-15)16-9-7-14(6-2)8-10-16/h7-10,13,15,18H,5-6,11-12H2,1-4H3,(H,21,24). The monoisotopic (exact) mass is 360 g/mol. The van der Waals surface area contributed by atoms with Gasteiger partial charge in [-0.1, -0.05) is 39.3 Å². The number of nitrogens with one attached hydrogen (secondary N) is 1. The first-order chi connectivity index (χ1) is 12.4. The Labute approximate surface area is 154 Å². The van der Waals surface area contributed by atoms with Gasteiger partial charge in [0, 0.05) is 18.7 Å². The smallest absolute Gasteiger partial charge is 0.328 e. The number of rotatable bonds is 7. The largest absolute Gasteiger partial charge is 0.467 e. The SMILES string of the molecule is CCc1ccc(N2CC(C(=O)NC(C(=O)OC)C(C)CC)CC2=O)cc1. The second-order valence-electron chi connectivity index (χ2n) is 6.82. The minimum Gasteiger partial charge on any atom is -0.467 e. The number of nitrogens with zero attached hydrogens (tertiary/aromatic N) is 1. The molecule has 6 heteroatoms. The van der Waals surface area contributed by atoms with Crippen LogP contribution in [-0.4, -0.2) is 37.5 Å². The Morgan fingerprint density at radius 1 is 1.27 bits per heavy atom. The minimum atomic E-state index is -0.689. The predicted octanol–water partition coefficient (Wildman–Crippen LogP) is 2.31. The first-order valence-electron chi connectivity index (χ1n) is 9.18. The fraction of sp³-hybridized carbons (Fsp3) is 0.550. The van der Waals surface area contributed by atoms with Crippen molar-refractivity contribution in [2.45, 2.75) is 46.1 Å². The Morgan fingerprint density at radius 2 is 1.92 bits per heavy atom. The van der Waals surface area contributed by atoms with Crippen LogP contribution in [0.2, 0.25) is 0 Å². The fourth-order valence-electron chi connectivity index (χ4n) is 3.11. The highest BCUT2D eigenvalue weighted by Gasteiger charge is 2.37. The van der Waals surface area contributed by atoms with E-state index in [0.717, 1.165) is 18.5 Å². The molecular weight excluding hydrogens is 332 g/mol. The first-order valence-corrected chi connectivity index (χ1v) is 9.18. The quantitative estimate of drug-likeness (QED) is 0.757. The summed E-state index contributed by atoms with van der Waals surface area (Å²) in [5, 5.41) is 2.78. The molecule has 0 radical (unpaired) electrons. The molecule has 26 heavy (non-hydrogen) atoms. The van der Waals surface area contributed by atoms with E-state index in [0.29, 0.717) is 6.54 Å². The Morgan fingerprint density at radius 3 is 2.46 bits per heavy atom. The van der Waals surface area contributed by atoms with E-state index >= 15 is 0 Å². The Bertz CT molecular complexity index is 656. The van der Waals surface area contributed by atoms with Crippen LogP contribution in [0, 0.1) is 11.8 Å². The van der Waals surface area contributed by atoms with Gasteiger partial charge < -0.3 is 15.0 Å². The van der Waals surface area contributed by atoms with E-state index < -0.39 is 17.9 Å². The molecule has 0 bridgehead atoms. The highest BCUT2D eigenvalue weighted by Crippen LogP contribution is 2.26. The lowest BCUT2D eigenvalue weighted by Gasteiger charge is -2.23. The average molecular weight is 360 g/mol. The van der Waals surface area contributed by atoms with Crippen LogP contribution in [0.25, 0.3) is 0 Å². The maximum absolute atomic E-state index is 12.6. The van der Waals surface area contributed by atoms with Crippen molar-refractivity contribution in [1.82, 2.24) is 5.32 Å². The summed E-state index contributed by atoms with van der Waals surface area (Å²) in [4.78, 5) is 38.6. The third-order valence-electron chi connectivity index (χ3n) is 5.12. The third kappa shape index (κ3) is 4.42. The molecule has 1 aromatic carbocycles. The van der Waals surface area contributed by atoms with Gasteiger partial charge in [-0.15, -0.1) is 0 Å². The molecule has 6 nitrogen and oxygen atoms in total. The summed E-state index contributed by atoms with van der Waals surface area (Å²) in [5.41, 5.74) is 2.00. The van der Waals surface area contributed by atoms with Crippen molar-refractivity contribution in [3.8, 4) is 0 Å². The van der Waals surface area contributed by atoms with Gasteiger partial charge in [-0.3, -0.25) is 9.59 Å². The molecule has 0 spiro atoms. The van der Waals surface area contributed by atoms with E-state index in [-0.39, 0.29) is 24.2 Å². The summed E-state index contributed by atoms with van der Waals surface area (Å²) in [5.74, 6) is -1.32. The molecule has 142 valence electrons. The van der Waals surface area contributed by atoms with Crippen molar-refractivity contribution < 1.29 is 19.1 Å². The van der Waals surface area contributed by atoms with E-state index in [2.05, 4.69) is 12.2 Å². The van der Waals surface area contributed by atoms with E-state index in [1.165, 1.54) is 12.7 Å². The van der Waals surface area contributed by atoms with Gasteiger partial charge in [-0.25, -0.2) is 4.79 Å². The van der Waals surface area contributed by atoms with Crippen LogP contribution in [-0.2, 0) is 25.5 Å². The molecular formula is C20H28N2O4.